The van der Waals surface area contributed by atoms with Gasteiger partial charge in [0.1, 0.15) is 0 Å². The molecule has 4 heteroatoms. The highest BCUT2D eigenvalue weighted by Crippen LogP contribution is 2.15. The zero-order chi connectivity index (χ0) is 12.8. The van der Waals surface area contributed by atoms with Crippen molar-refractivity contribution in [1.29, 1.82) is 0 Å². The van der Waals surface area contributed by atoms with E-state index in [4.69, 9.17) is 5.73 Å². The molecule has 1 fully saturated rings. The Bertz CT molecular complexity index is 245. The van der Waals surface area contributed by atoms with Gasteiger partial charge in [-0.2, -0.15) is 0 Å². The molecule has 1 aliphatic heterocycles. The molecule has 2 N–H and O–H groups in total. The molecule has 2 atom stereocenters. The maximum Gasteiger partial charge on any atom is 0.223 e. The number of rotatable bonds is 6. The Morgan fingerprint density at radius 1 is 1.59 bits per heavy atom. The van der Waals surface area contributed by atoms with Crippen molar-refractivity contribution in [2.24, 2.45) is 5.73 Å². The molecule has 0 aromatic heterocycles. The number of carbonyl (C=O) groups is 1. The average Bonchev–Trinajstić information content (AvgIpc) is 2.64. The average molecular weight is 241 g/mol. The van der Waals surface area contributed by atoms with Gasteiger partial charge in [-0.05, 0) is 32.9 Å². The predicted octanol–water partition coefficient (Wildman–Crippen LogP) is 1.06. The van der Waals surface area contributed by atoms with Crippen LogP contribution in [-0.4, -0.2) is 55.0 Å². The van der Waals surface area contributed by atoms with Crippen LogP contribution in [0.15, 0.2) is 0 Å². The van der Waals surface area contributed by atoms with E-state index in [-0.39, 0.29) is 11.9 Å². The highest BCUT2D eigenvalue weighted by molar-refractivity contribution is 5.76. The topological polar surface area (TPSA) is 49.6 Å². The number of nitrogens with two attached hydrogens (primary N) is 1. The van der Waals surface area contributed by atoms with Gasteiger partial charge in [-0.15, -0.1) is 0 Å². The van der Waals surface area contributed by atoms with Crippen molar-refractivity contribution in [3.05, 3.63) is 0 Å². The van der Waals surface area contributed by atoms with Gasteiger partial charge in [-0.3, -0.25) is 4.79 Å². The number of nitrogens with zero attached hydrogens (tertiary/aromatic N) is 2. The fourth-order valence-electron chi connectivity index (χ4n) is 2.48. The summed E-state index contributed by atoms with van der Waals surface area (Å²) in [6.07, 6.45) is 4.92. The van der Waals surface area contributed by atoms with Crippen LogP contribution in [0.5, 0.6) is 0 Å². The quantitative estimate of drug-likeness (QED) is 0.756. The van der Waals surface area contributed by atoms with Crippen molar-refractivity contribution in [3.63, 3.8) is 0 Å². The summed E-state index contributed by atoms with van der Waals surface area (Å²) in [5, 5.41) is 0. The number of amides is 1. The molecule has 17 heavy (non-hydrogen) atoms. The lowest BCUT2D eigenvalue weighted by atomic mass is 10.1. The van der Waals surface area contributed by atoms with Gasteiger partial charge in [0.15, 0.2) is 0 Å². The molecule has 2 unspecified atom stereocenters. The zero-order valence-corrected chi connectivity index (χ0v) is 11.5. The Morgan fingerprint density at radius 2 is 2.29 bits per heavy atom. The monoisotopic (exact) mass is 241 g/mol. The van der Waals surface area contributed by atoms with Gasteiger partial charge in [0, 0.05) is 32.1 Å². The molecular weight excluding hydrogens is 214 g/mol. The first-order chi connectivity index (χ1) is 8.04. The molecule has 4 nitrogen and oxygen atoms in total. The number of carbonyl (C=O) groups excluding carboxylic acids is 1. The van der Waals surface area contributed by atoms with E-state index in [9.17, 15) is 4.79 Å². The minimum Gasteiger partial charge on any atom is -0.344 e. The maximum absolute atomic E-state index is 12.0. The predicted molar refractivity (Wildman–Crippen MR) is 70.8 cm³/mol. The molecule has 0 saturated carbocycles. The Morgan fingerprint density at radius 3 is 2.82 bits per heavy atom. The van der Waals surface area contributed by atoms with Crippen LogP contribution in [0.4, 0.5) is 0 Å². The smallest absolute Gasteiger partial charge is 0.223 e. The van der Waals surface area contributed by atoms with Crippen LogP contribution in [0.1, 0.15) is 39.0 Å². The van der Waals surface area contributed by atoms with Gasteiger partial charge in [0.05, 0.1) is 0 Å². The zero-order valence-electron chi connectivity index (χ0n) is 11.5. The molecule has 1 heterocycles. The Balaban J connectivity index is 2.31. The molecule has 0 aromatic rings. The van der Waals surface area contributed by atoms with Gasteiger partial charge in [0.25, 0.3) is 0 Å². The Labute approximate surface area is 105 Å². The number of likely N-dealkylation sites (tertiary alicyclic amines) is 1. The minimum absolute atomic E-state index is 0.0243. The standard InChI is InChI=1S/C13H27N3O/c1-4-6-11(14)9-13(17)16(3)10-12-7-5-8-15(12)2/h11-12H,4-10,14H2,1-3H3. The van der Waals surface area contributed by atoms with E-state index in [2.05, 4.69) is 18.9 Å². The molecule has 1 amide bonds. The van der Waals surface area contributed by atoms with Gasteiger partial charge in [-0.25, -0.2) is 0 Å². The third kappa shape index (κ3) is 4.64. The van der Waals surface area contributed by atoms with E-state index < -0.39 is 0 Å². The van der Waals surface area contributed by atoms with E-state index in [0.29, 0.717) is 12.5 Å². The molecule has 0 spiro atoms. The second kappa shape index (κ2) is 6.97. The van der Waals surface area contributed by atoms with Gasteiger partial charge < -0.3 is 15.5 Å². The molecule has 1 rings (SSSR count). The van der Waals surface area contributed by atoms with Gasteiger partial charge in [-0.1, -0.05) is 13.3 Å². The number of likely N-dealkylation sites (N-methyl/N-ethyl adjacent to an activating group) is 2. The van der Waals surface area contributed by atoms with Crippen LogP contribution in [0.3, 0.4) is 0 Å². The first-order valence-corrected chi connectivity index (χ1v) is 6.74. The molecule has 1 saturated heterocycles. The summed E-state index contributed by atoms with van der Waals surface area (Å²) in [6, 6.07) is 0.558. The molecule has 0 bridgehead atoms. The summed E-state index contributed by atoms with van der Waals surface area (Å²) < 4.78 is 0. The Hall–Kier alpha value is -0.610. The normalized spacial score (nSPS) is 22.7. The first-order valence-electron chi connectivity index (χ1n) is 6.74. The maximum atomic E-state index is 12.0. The fraction of sp³-hybridized carbons (Fsp3) is 0.923. The molecular formula is C13H27N3O. The van der Waals surface area contributed by atoms with Crippen molar-refractivity contribution >= 4 is 5.91 Å². The Kier molecular flexibility index (Phi) is 5.92. The highest BCUT2D eigenvalue weighted by atomic mass is 16.2. The fourth-order valence-corrected chi connectivity index (χ4v) is 2.48. The van der Waals surface area contributed by atoms with Crippen LogP contribution in [-0.2, 0) is 4.79 Å². The summed E-state index contributed by atoms with van der Waals surface area (Å²) in [7, 11) is 4.03. The highest BCUT2D eigenvalue weighted by Gasteiger charge is 2.24. The van der Waals surface area contributed by atoms with Crippen LogP contribution >= 0.6 is 0 Å². The third-order valence-corrected chi connectivity index (χ3v) is 3.68. The lowest BCUT2D eigenvalue weighted by molar-refractivity contribution is -0.130. The van der Waals surface area contributed by atoms with Crippen LogP contribution < -0.4 is 5.73 Å². The second-order valence-electron chi connectivity index (χ2n) is 5.30. The largest absolute Gasteiger partial charge is 0.344 e. The molecule has 0 aromatic carbocycles. The van der Waals surface area contributed by atoms with E-state index in [1.54, 1.807) is 0 Å². The number of hydrogen-bond donors (Lipinski definition) is 1. The summed E-state index contributed by atoms with van der Waals surface area (Å²) in [6.45, 7) is 4.10. The van der Waals surface area contributed by atoms with Crippen molar-refractivity contribution in [2.45, 2.75) is 51.1 Å². The SMILES string of the molecule is CCCC(N)CC(=O)N(C)CC1CCCN1C. The van der Waals surface area contributed by atoms with Crippen molar-refractivity contribution in [3.8, 4) is 0 Å². The summed E-state index contributed by atoms with van der Waals surface area (Å²) >= 11 is 0. The first kappa shape index (κ1) is 14.5. The molecule has 100 valence electrons. The second-order valence-corrected chi connectivity index (χ2v) is 5.30. The molecule has 1 aliphatic rings. The van der Waals surface area contributed by atoms with Gasteiger partial charge in [0.2, 0.25) is 5.91 Å². The van der Waals surface area contributed by atoms with E-state index in [0.717, 1.165) is 25.9 Å². The lowest BCUT2D eigenvalue weighted by Gasteiger charge is -2.26. The van der Waals surface area contributed by atoms with E-state index in [1.165, 1.54) is 12.8 Å². The number of hydrogen-bond acceptors (Lipinski definition) is 3. The van der Waals surface area contributed by atoms with Crippen LogP contribution in [0.25, 0.3) is 0 Å². The van der Waals surface area contributed by atoms with Crippen molar-refractivity contribution in [1.82, 2.24) is 9.80 Å². The summed E-state index contributed by atoms with van der Waals surface area (Å²) in [4.78, 5) is 16.1. The molecule has 0 aliphatic carbocycles. The van der Waals surface area contributed by atoms with E-state index in [1.807, 2.05) is 11.9 Å². The van der Waals surface area contributed by atoms with Crippen LogP contribution in [0, 0.1) is 0 Å². The minimum atomic E-state index is 0.0243. The van der Waals surface area contributed by atoms with Crippen LogP contribution in [0.2, 0.25) is 0 Å². The summed E-state index contributed by atoms with van der Waals surface area (Å²) in [5.41, 5.74) is 5.90. The van der Waals surface area contributed by atoms with Crippen molar-refractivity contribution in [2.75, 3.05) is 27.2 Å². The van der Waals surface area contributed by atoms with Gasteiger partial charge >= 0.3 is 0 Å². The molecule has 0 radical (unpaired) electrons. The third-order valence-electron chi connectivity index (χ3n) is 3.68. The van der Waals surface area contributed by atoms with E-state index >= 15 is 0 Å². The summed E-state index contributed by atoms with van der Waals surface area (Å²) in [5.74, 6) is 0.186. The van der Waals surface area contributed by atoms with Crippen molar-refractivity contribution < 1.29 is 4.79 Å². The lowest BCUT2D eigenvalue weighted by Crippen LogP contribution is -2.41.